The molecule has 0 radical (unpaired) electrons. The third-order valence-corrected chi connectivity index (χ3v) is 3.02. The maximum atomic E-state index is 13.0. The highest BCUT2D eigenvalue weighted by atomic mass is 79.9. The molecule has 0 saturated heterocycles. The van der Waals surface area contributed by atoms with Crippen LogP contribution in [0.1, 0.15) is 19.7 Å². The second-order valence-electron chi connectivity index (χ2n) is 4.60. The Hall–Kier alpha value is -1.43. The molecule has 2 aromatic rings. The number of carbonyl (C=O) groups excluding carboxylic acids is 1. The fourth-order valence-corrected chi connectivity index (χ4v) is 2.05. The summed E-state index contributed by atoms with van der Waals surface area (Å²) in [5.74, 6) is 0.281. The molecular formula is C13H14BrFN2O2. The number of imidazole rings is 1. The smallest absolute Gasteiger partial charge is 0.420 e. The third kappa shape index (κ3) is 2.94. The van der Waals surface area contributed by atoms with Crippen LogP contribution in [0.3, 0.4) is 0 Å². The van der Waals surface area contributed by atoms with Crippen molar-refractivity contribution >= 4 is 33.1 Å². The summed E-state index contributed by atoms with van der Waals surface area (Å²) in [6.07, 6.45) is -0.592. The van der Waals surface area contributed by atoms with E-state index in [4.69, 9.17) is 4.74 Å². The zero-order valence-electron chi connectivity index (χ0n) is 10.7. The fourth-order valence-electron chi connectivity index (χ4n) is 1.70. The van der Waals surface area contributed by atoms with Gasteiger partial charge in [-0.3, -0.25) is 0 Å². The Morgan fingerprint density at radius 1 is 1.53 bits per heavy atom. The molecule has 0 atom stereocenters. The normalized spacial score (nSPS) is 11.2. The van der Waals surface area contributed by atoms with Crippen LogP contribution in [0.25, 0.3) is 11.0 Å². The largest absolute Gasteiger partial charge is 0.449 e. The minimum atomic E-state index is -0.816. The van der Waals surface area contributed by atoms with Crippen LogP contribution < -0.4 is 0 Å². The van der Waals surface area contributed by atoms with E-state index in [0.717, 1.165) is 4.47 Å². The van der Waals surface area contributed by atoms with Crippen molar-refractivity contribution in [3.63, 3.8) is 0 Å². The van der Waals surface area contributed by atoms with Gasteiger partial charge in [0.25, 0.3) is 0 Å². The van der Waals surface area contributed by atoms with Crippen molar-refractivity contribution in [2.24, 2.45) is 5.92 Å². The first kappa shape index (κ1) is 14.0. The molecule has 0 N–H and O–H groups in total. The lowest BCUT2D eigenvalue weighted by Crippen LogP contribution is -2.18. The first-order valence-electron chi connectivity index (χ1n) is 5.93. The molecular weight excluding hydrogens is 315 g/mol. The van der Waals surface area contributed by atoms with Crippen LogP contribution in [0, 0.1) is 5.92 Å². The molecule has 0 saturated carbocycles. The molecule has 1 heterocycles. The molecule has 0 amide bonds. The molecule has 1 aromatic heterocycles. The molecule has 102 valence electrons. The van der Waals surface area contributed by atoms with Gasteiger partial charge in [-0.1, -0.05) is 29.8 Å². The van der Waals surface area contributed by atoms with Gasteiger partial charge in [0.05, 0.1) is 17.6 Å². The Bertz CT molecular complexity index is 610. The molecule has 0 fully saturated rings. The van der Waals surface area contributed by atoms with Gasteiger partial charge in [0, 0.05) is 4.47 Å². The zero-order valence-corrected chi connectivity index (χ0v) is 12.3. The molecule has 0 aliphatic heterocycles. The van der Waals surface area contributed by atoms with Crippen molar-refractivity contribution in [2.45, 2.75) is 20.5 Å². The summed E-state index contributed by atoms with van der Waals surface area (Å²) in [5, 5.41) is 0. The van der Waals surface area contributed by atoms with E-state index in [2.05, 4.69) is 20.9 Å². The monoisotopic (exact) mass is 328 g/mol. The first-order valence-corrected chi connectivity index (χ1v) is 6.72. The Labute approximate surface area is 118 Å². The molecule has 6 heteroatoms. The Balaban J connectivity index is 2.42. The lowest BCUT2D eigenvalue weighted by atomic mass is 10.2. The second-order valence-corrected chi connectivity index (χ2v) is 5.52. The van der Waals surface area contributed by atoms with E-state index in [1.165, 1.54) is 4.57 Å². The van der Waals surface area contributed by atoms with Crippen molar-refractivity contribution in [1.82, 2.24) is 9.55 Å². The van der Waals surface area contributed by atoms with Crippen LogP contribution >= 0.6 is 15.9 Å². The number of alkyl halides is 1. The number of ether oxygens (including phenoxy) is 1. The van der Waals surface area contributed by atoms with Gasteiger partial charge in [-0.05, 0) is 24.1 Å². The summed E-state index contributed by atoms with van der Waals surface area (Å²) >= 11 is 3.32. The number of aromatic nitrogens is 2. The van der Waals surface area contributed by atoms with Crippen LogP contribution in [-0.2, 0) is 11.4 Å². The summed E-state index contributed by atoms with van der Waals surface area (Å²) < 4.78 is 20.1. The van der Waals surface area contributed by atoms with E-state index in [9.17, 15) is 9.18 Å². The second kappa shape index (κ2) is 5.69. The van der Waals surface area contributed by atoms with Gasteiger partial charge in [-0.2, -0.15) is 0 Å². The van der Waals surface area contributed by atoms with Crippen LogP contribution in [0.15, 0.2) is 22.7 Å². The number of rotatable bonds is 3. The topological polar surface area (TPSA) is 44.1 Å². The predicted molar refractivity (Wildman–Crippen MR) is 73.8 cm³/mol. The minimum absolute atomic E-state index is 0.0573. The van der Waals surface area contributed by atoms with E-state index < -0.39 is 12.8 Å². The standard InChI is InChI=1S/C13H14BrFN2O2/c1-8(2)7-19-13(18)17-11-4-3-9(14)5-10(11)16-12(17)6-15/h3-5,8H,6-7H2,1-2H3. The van der Waals surface area contributed by atoms with E-state index in [0.29, 0.717) is 17.6 Å². The van der Waals surface area contributed by atoms with Gasteiger partial charge >= 0.3 is 6.09 Å². The van der Waals surface area contributed by atoms with Crippen molar-refractivity contribution in [3.05, 3.63) is 28.5 Å². The minimum Gasteiger partial charge on any atom is -0.449 e. The van der Waals surface area contributed by atoms with Gasteiger partial charge in [0.1, 0.15) is 6.67 Å². The average Bonchev–Trinajstić information content (AvgIpc) is 2.73. The van der Waals surface area contributed by atoms with E-state index in [1.54, 1.807) is 18.2 Å². The summed E-state index contributed by atoms with van der Waals surface area (Å²) in [5.41, 5.74) is 1.10. The zero-order chi connectivity index (χ0) is 14.0. The highest BCUT2D eigenvalue weighted by molar-refractivity contribution is 9.10. The third-order valence-electron chi connectivity index (χ3n) is 2.53. The van der Waals surface area contributed by atoms with E-state index in [1.807, 2.05) is 13.8 Å². The van der Waals surface area contributed by atoms with E-state index in [-0.39, 0.29) is 11.7 Å². The maximum Gasteiger partial charge on any atom is 0.420 e. The fraction of sp³-hybridized carbons (Fsp3) is 0.385. The highest BCUT2D eigenvalue weighted by Crippen LogP contribution is 2.21. The molecule has 0 unspecified atom stereocenters. The van der Waals surface area contributed by atoms with Gasteiger partial charge in [-0.15, -0.1) is 0 Å². The average molecular weight is 329 g/mol. The number of fused-ring (bicyclic) bond motifs is 1. The van der Waals surface area contributed by atoms with Crippen molar-refractivity contribution < 1.29 is 13.9 Å². The van der Waals surface area contributed by atoms with Crippen molar-refractivity contribution in [1.29, 1.82) is 0 Å². The van der Waals surface area contributed by atoms with Crippen molar-refractivity contribution in [3.8, 4) is 0 Å². The Morgan fingerprint density at radius 2 is 2.26 bits per heavy atom. The molecule has 0 spiro atoms. The van der Waals surface area contributed by atoms with Crippen LogP contribution in [-0.4, -0.2) is 22.3 Å². The van der Waals surface area contributed by atoms with Gasteiger partial charge < -0.3 is 4.74 Å². The highest BCUT2D eigenvalue weighted by Gasteiger charge is 2.18. The number of benzene rings is 1. The number of nitrogens with zero attached hydrogens (tertiary/aromatic N) is 2. The predicted octanol–water partition coefficient (Wildman–Crippen LogP) is 3.91. The number of halogens is 2. The van der Waals surface area contributed by atoms with Gasteiger partial charge in [0.15, 0.2) is 5.82 Å². The molecule has 0 bridgehead atoms. The quantitative estimate of drug-likeness (QED) is 0.858. The van der Waals surface area contributed by atoms with Crippen LogP contribution in [0.5, 0.6) is 0 Å². The SMILES string of the molecule is CC(C)COC(=O)n1c(CF)nc2cc(Br)ccc21. The van der Waals surface area contributed by atoms with E-state index >= 15 is 0 Å². The molecule has 0 aliphatic carbocycles. The van der Waals surface area contributed by atoms with Crippen LogP contribution in [0.2, 0.25) is 0 Å². The molecule has 4 nitrogen and oxygen atoms in total. The molecule has 2 rings (SSSR count). The number of hydrogen-bond donors (Lipinski definition) is 0. The number of hydrogen-bond acceptors (Lipinski definition) is 3. The molecule has 19 heavy (non-hydrogen) atoms. The van der Waals surface area contributed by atoms with Gasteiger partial charge in [0.2, 0.25) is 0 Å². The first-order chi connectivity index (χ1) is 9.02. The Kier molecular flexibility index (Phi) is 4.19. The lowest BCUT2D eigenvalue weighted by Gasteiger charge is -2.09. The summed E-state index contributed by atoms with van der Waals surface area (Å²) in [7, 11) is 0. The summed E-state index contributed by atoms with van der Waals surface area (Å²) in [6.45, 7) is 3.35. The summed E-state index contributed by atoms with van der Waals surface area (Å²) in [6, 6.07) is 5.22. The van der Waals surface area contributed by atoms with Gasteiger partial charge in [-0.25, -0.2) is 18.7 Å². The van der Waals surface area contributed by atoms with Crippen molar-refractivity contribution in [2.75, 3.05) is 6.61 Å². The summed E-state index contributed by atoms with van der Waals surface area (Å²) in [4.78, 5) is 16.1. The molecule has 0 aliphatic rings. The van der Waals surface area contributed by atoms with Crippen LogP contribution in [0.4, 0.5) is 9.18 Å². The maximum absolute atomic E-state index is 13.0. The molecule has 1 aromatic carbocycles. The Morgan fingerprint density at radius 3 is 2.89 bits per heavy atom. The number of carbonyl (C=O) groups is 1. The lowest BCUT2D eigenvalue weighted by molar-refractivity contribution is 0.134.